The number of rotatable bonds is 1. The monoisotopic (exact) mass is 316 g/mol. The molecule has 4 aliphatic rings. The third-order valence-electron chi connectivity index (χ3n) is 8.50. The number of aliphatic hydroxyl groups is 1. The van der Waals surface area contributed by atoms with Crippen molar-refractivity contribution in [2.75, 3.05) is 0 Å². The van der Waals surface area contributed by atoms with E-state index in [2.05, 4.69) is 20.8 Å². The van der Waals surface area contributed by atoms with Crippen molar-refractivity contribution in [3.05, 3.63) is 11.6 Å². The number of carbonyl (C=O) groups is 1. The van der Waals surface area contributed by atoms with E-state index < -0.39 is 5.60 Å². The molecular formula is C21H32O2. The fraction of sp³-hybridized carbons (Fsp3) is 0.857. The molecule has 3 saturated carbocycles. The van der Waals surface area contributed by atoms with Crippen LogP contribution in [0.4, 0.5) is 0 Å². The molecule has 4 aliphatic carbocycles. The summed E-state index contributed by atoms with van der Waals surface area (Å²) in [5.74, 6) is 3.87. The number of allylic oxidation sites excluding steroid dienone is 1. The van der Waals surface area contributed by atoms with Crippen LogP contribution in [0.1, 0.15) is 72.1 Å². The Hall–Kier alpha value is -0.630. The minimum absolute atomic E-state index is 0.105. The van der Waals surface area contributed by atoms with Gasteiger partial charge in [-0.25, -0.2) is 0 Å². The molecule has 3 fully saturated rings. The molecule has 23 heavy (non-hydrogen) atoms. The normalized spacial score (nSPS) is 52.4. The Bertz CT molecular complexity index is 550. The summed E-state index contributed by atoms with van der Waals surface area (Å²) in [5, 5.41) is 11.3. The smallest absolute Gasteiger partial charge is 0.155 e. The molecule has 2 heteroatoms. The summed E-state index contributed by atoms with van der Waals surface area (Å²) >= 11 is 0. The van der Waals surface area contributed by atoms with Crippen molar-refractivity contribution in [3.63, 3.8) is 0 Å². The van der Waals surface area contributed by atoms with Gasteiger partial charge in [0.15, 0.2) is 5.78 Å². The molecule has 0 aromatic rings. The van der Waals surface area contributed by atoms with Crippen LogP contribution < -0.4 is 0 Å². The van der Waals surface area contributed by atoms with Crippen LogP contribution in [0.25, 0.3) is 0 Å². The van der Waals surface area contributed by atoms with Crippen molar-refractivity contribution in [2.24, 2.45) is 35.0 Å². The fourth-order valence-electron chi connectivity index (χ4n) is 7.44. The van der Waals surface area contributed by atoms with E-state index in [1.807, 2.05) is 6.08 Å². The molecule has 0 amide bonds. The summed E-state index contributed by atoms with van der Waals surface area (Å²) in [6, 6.07) is 0. The summed E-state index contributed by atoms with van der Waals surface area (Å²) in [6.07, 6.45) is 10.5. The first kappa shape index (κ1) is 15.9. The van der Waals surface area contributed by atoms with Gasteiger partial charge in [-0.2, -0.15) is 0 Å². The topological polar surface area (TPSA) is 37.3 Å². The Kier molecular flexibility index (Phi) is 3.58. The molecule has 0 aromatic heterocycles. The molecule has 0 saturated heterocycles. The third-order valence-corrected chi connectivity index (χ3v) is 8.50. The minimum atomic E-state index is -0.449. The number of ketones is 1. The zero-order valence-electron chi connectivity index (χ0n) is 15.0. The van der Waals surface area contributed by atoms with E-state index in [4.69, 9.17) is 0 Å². The highest BCUT2D eigenvalue weighted by atomic mass is 16.3. The molecule has 0 aliphatic heterocycles. The van der Waals surface area contributed by atoms with Crippen molar-refractivity contribution in [1.29, 1.82) is 0 Å². The average molecular weight is 316 g/mol. The minimum Gasteiger partial charge on any atom is -0.389 e. The molecule has 4 rings (SSSR count). The summed E-state index contributed by atoms with van der Waals surface area (Å²) in [4.78, 5) is 11.8. The maximum atomic E-state index is 11.8. The second kappa shape index (κ2) is 5.18. The SMILES string of the molecule is CCC1(O)CC[C@H]2[C@@H]3CCC4=CC(=O)CC[C@@H]4C3[C@@H](C)C[C@@]21C. The standard InChI is InChI=1S/C21H32O2/c1-4-21(23)10-9-18-17-7-5-14-11-15(22)6-8-16(14)19(17)13(2)12-20(18,21)3/h11,13,16-19,23H,4-10,12H2,1-3H3/t13-,16-,17-,18-,19?,20-,21?/m0/s1. The molecule has 0 aromatic carbocycles. The van der Waals surface area contributed by atoms with Crippen molar-refractivity contribution >= 4 is 5.78 Å². The van der Waals surface area contributed by atoms with Gasteiger partial charge in [0.05, 0.1) is 5.60 Å². The summed E-state index contributed by atoms with van der Waals surface area (Å²) in [7, 11) is 0. The second-order valence-electron chi connectivity index (χ2n) is 9.24. The molecule has 1 N–H and O–H groups in total. The summed E-state index contributed by atoms with van der Waals surface area (Å²) in [6.45, 7) is 6.97. The first-order chi connectivity index (χ1) is 10.9. The van der Waals surface area contributed by atoms with Crippen LogP contribution in [0.2, 0.25) is 0 Å². The first-order valence-electron chi connectivity index (χ1n) is 9.85. The quantitative estimate of drug-likeness (QED) is 0.772. The number of carbonyl (C=O) groups excluding carboxylic acids is 1. The number of hydrogen-bond donors (Lipinski definition) is 1. The lowest BCUT2D eigenvalue weighted by Crippen LogP contribution is -2.55. The molecule has 2 unspecified atom stereocenters. The Balaban J connectivity index is 1.69. The maximum Gasteiger partial charge on any atom is 0.155 e. The Morgan fingerprint density at radius 3 is 2.78 bits per heavy atom. The van der Waals surface area contributed by atoms with Crippen molar-refractivity contribution in [1.82, 2.24) is 0 Å². The van der Waals surface area contributed by atoms with Gasteiger partial charge in [0.1, 0.15) is 0 Å². The predicted molar refractivity (Wildman–Crippen MR) is 91.9 cm³/mol. The van der Waals surface area contributed by atoms with E-state index in [1.165, 1.54) is 24.8 Å². The lowest BCUT2D eigenvalue weighted by Gasteiger charge is -2.58. The number of hydrogen-bond acceptors (Lipinski definition) is 2. The molecule has 0 heterocycles. The van der Waals surface area contributed by atoms with E-state index in [0.29, 0.717) is 23.5 Å². The largest absolute Gasteiger partial charge is 0.389 e. The zero-order valence-corrected chi connectivity index (χ0v) is 15.0. The van der Waals surface area contributed by atoms with Gasteiger partial charge in [-0.15, -0.1) is 0 Å². The van der Waals surface area contributed by atoms with Crippen LogP contribution in [0, 0.1) is 35.0 Å². The van der Waals surface area contributed by atoms with E-state index in [-0.39, 0.29) is 5.41 Å². The van der Waals surface area contributed by atoms with Crippen molar-refractivity contribution < 1.29 is 9.90 Å². The zero-order chi connectivity index (χ0) is 16.4. The highest BCUT2D eigenvalue weighted by molar-refractivity contribution is 5.91. The highest BCUT2D eigenvalue weighted by Crippen LogP contribution is 2.66. The van der Waals surface area contributed by atoms with E-state index >= 15 is 0 Å². The Morgan fingerprint density at radius 1 is 1.26 bits per heavy atom. The maximum absolute atomic E-state index is 11.8. The highest BCUT2D eigenvalue weighted by Gasteiger charge is 2.63. The molecule has 0 bridgehead atoms. The second-order valence-corrected chi connectivity index (χ2v) is 9.24. The van der Waals surface area contributed by atoms with Crippen LogP contribution in [-0.2, 0) is 4.79 Å². The van der Waals surface area contributed by atoms with E-state index in [0.717, 1.165) is 43.9 Å². The van der Waals surface area contributed by atoms with Gasteiger partial charge < -0.3 is 5.11 Å². The lowest BCUT2D eigenvalue weighted by atomic mass is 9.47. The van der Waals surface area contributed by atoms with E-state index in [9.17, 15) is 9.90 Å². The number of fused-ring (bicyclic) bond motifs is 5. The van der Waals surface area contributed by atoms with Gasteiger partial charge in [-0.1, -0.05) is 26.3 Å². The van der Waals surface area contributed by atoms with Crippen LogP contribution in [0.15, 0.2) is 11.6 Å². The van der Waals surface area contributed by atoms with Crippen LogP contribution in [0.5, 0.6) is 0 Å². The first-order valence-corrected chi connectivity index (χ1v) is 9.85. The molecule has 7 atom stereocenters. The predicted octanol–water partition coefficient (Wildman–Crippen LogP) is 4.52. The van der Waals surface area contributed by atoms with Gasteiger partial charge in [0.25, 0.3) is 0 Å². The van der Waals surface area contributed by atoms with Crippen LogP contribution in [-0.4, -0.2) is 16.5 Å². The van der Waals surface area contributed by atoms with Gasteiger partial charge in [-0.05, 0) is 86.0 Å². The Labute approximate surface area is 140 Å². The Morgan fingerprint density at radius 2 is 2.04 bits per heavy atom. The molecule has 2 nitrogen and oxygen atoms in total. The molecule has 128 valence electrons. The lowest BCUT2D eigenvalue weighted by molar-refractivity contribution is -0.137. The van der Waals surface area contributed by atoms with Crippen LogP contribution in [0.3, 0.4) is 0 Å². The van der Waals surface area contributed by atoms with Gasteiger partial charge >= 0.3 is 0 Å². The van der Waals surface area contributed by atoms with Gasteiger partial charge in [0.2, 0.25) is 0 Å². The van der Waals surface area contributed by atoms with E-state index in [1.54, 1.807) is 0 Å². The molecule has 0 radical (unpaired) electrons. The third kappa shape index (κ3) is 2.06. The summed E-state index contributed by atoms with van der Waals surface area (Å²) < 4.78 is 0. The fourth-order valence-corrected chi connectivity index (χ4v) is 7.44. The van der Waals surface area contributed by atoms with Crippen molar-refractivity contribution in [2.45, 2.75) is 77.7 Å². The molecular weight excluding hydrogens is 284 g/mol. The van der Waals surface area contributed by atoms with Gasteiger partial charge in [-0.3, -0.25) is 4.79 Å². The van der Waals surface area contributed by atoms with Crippen LogP contribution >= 0.6 is 0 Å². The van der Waals surface area contributed by atoms with Gasteiger partial charge in [0, 0.05) is 6.42 Å². The molecule has 0 spiro atoms. The average Bonchev–Trinajstić information content (AvgIpc) is 2.78. The summed E-state index contributed by atoms with van der Waals surface area (Å²) in [5.41, 5.74) is 1.12. The van der Waals surface area contributed by atoms with Crippen molar-refractivity contribution in [3.8, 4) is 0 Å².